The van der Waals surface area contributed by atoms with E-state index < -0.39 is 5.82 Å². The molecule has 1 saturated carbocycles. The lowest BCUT2D eigenvalue weighted by atomic mass is 9.84. The van der Waals surface area contributed by atoms with E-state index in [-0.39, 0.29) is 17.0 Å². The van der Waals surface area contributed by atoms with Crippen LogP contribution in [0.25, 0.3) is 0 Å². The van der Waals surface area contributed by atoms with Gasteiger partial charge in [-0.2, -0.15) is 0 Å². The molecule has 2 N–H and O–H groups in total. The van der Waals surface area contributed by atoms with E-state index in [1.165, 1.54) is 18.2 Å². The molecule has 0 radical (unpaired) electrons. The highest BCUT2D eigenvalue weighted by Gasteiger charge is 2.26. The molecule has 1 fully saturated rings. The Hall–Kier alpha value is -2.34. The molecule has 1 aromatic heterocycles. The van der Waals surface area contributed by atoms with Crippen molar-refractivity contribution in [2.45, 2.75) is 38.6 Å². The smallest absolute Gasteiger partial charge is 0.251 e. The maximum Gasteiger partial charge on any atom is 0.251 e. The predicted molar refractivity (Wildman–Crippen MR) is 116 cm³/mol. The zero-order chi connectivity index (χ0) is 21.0. The van der Waals surface area contributed by atoms with Crippen LogP contribution in [0.4, 0.5) is 15.9 Å². The lowest BCUT2D eigenvalue weighted by molar-refractivity contribution is 0.0942. The summed E-state index contributed by atoms with van der Waals surface area (Å²) in [5.74, 6) is 0.393. The molecule has 0 bridgehead atoms. The summed E-state index contributed by atoms with van der Waals surface area (Å²) < 4.78 is 13.3. The van der Waals surface area contributed by atoms with Gasteiger partial charge in [-0.05, 0) is 49.4 Å². The zero-order valence-corrected chi connectivity index (χ0v) is 17.9. The number of halogens is 2. The van der Waals surface area contributed by atoms with Crippen molar-refractivity contribution < 1.29 is 9.18 Å². The fourth-order valence-electron chi connectivity index (χ4n) is 3.87. The molecular formula is C22H28ClFN4O. The minimum absolute atomic E-state index is 0.0444. The minimum Gasteiger partial charge on any atom is -0.377 e. The molecule has 2 unspecified atom stereocenters. The molecule has 2 atom stereocenters. The maximum atomic E-state index is 13.3. The van der Waals surface area contributed by atoms with Crippen LogP contribution >= 0.6 is 11.6 Å². The summed E-state index contributed by atoms with van der Waals surface area (Å²) >= 11 is 5.79. The molecule has 5 nitrogen and oxygen atoms in total. The Bertz CT molecular complexity index is 874. The average Bonchev–Trinajstić information content (AvgIpc) is 2.70. The van der Waals surface area contributed by atoms with E-state index in [1.807, 2.05) is 27.2 Å². The van der Waals surface area contributed by atoms with Crippen molar-refractivity contribution in [3.63, 3.8) is 0 Å². The Balaban J connectivity index is 1.64. The average molecular weight is 419 g/mol. The molecule has 29 heavy (non-hydrogen) atoms. The summed E-state index contributed by atoms with van der Waals surface area (Å²) in [4.78, 5) is 19.1. The first kappa shape index (κ1) is 21.4. The number of hydrogen-bond donors (Lipinski definition) is 2. The molecule has 1 amide bonds. The van der Waals surface area contributed by atoms with Crippen molar-refractivity contribution >= 4 is 29.0 Å². The Labute approximate surface area is 176 Å². The summed E-state index contributed by atoms with van der Waals surface area (Å²) in [6.07, 6.45) is 6.26. The third-order valence-electron chi connectivity index (χ3n) is 5.51. The van der Waals surface area contributed by atoms with Gasteiger partial charge in [-0.1, -0.05) is 24.4 Å². The molecule has 1 heterocycles. The first-order valence-electron chi connectivity index (χ1n) is 9.99. The van der Waals surface area contributed by atoms with E-state index in [0.29, 0.717) is 18.0 Å². The van der Waals surface area contributed by atoms with Crippen molar-refractivity contribution in [2.24, 2.45) is 5.92 Å². The summed E-state index contributed by atoms with van der Waals surface area (Å²) in [6, 6.07) is 6.34. The van der Waals surface area contributed by atoms with E-state index in [9.17, 15) is 9.18 Å². The van der Waals surface area contributed by atoms with Crippen LogP contribution in [-0.4, -0.2) is 37.6 Å². The van der Waals surface area contributed by atoms with Gasteiger partial charge in [-0.3, -0.25) is 4.79 Å². The van der Waals surface area contributed by atoms with Crippen molar-refractivity contribution in [1.29, 1.82) is 0 Å². The molecule has 2 aromatic rings. The normalized spacial score (nSPS) is 18.9. The monoisotopic (exact) mass is 418 g/mol. The van der Waals surface area contributed by atoms with Crippen LogP contribution in [0.3, 0.4) is 0 Å². The van der Waals surface area contributed by atoms with Gasteiger partial charge in [0, 0.05) is 50.2 Å². The summed E-state index contributed by atoms with van der Waals surface area (Å²) in [5, 5.41) is 6.51. The molecule has 156 valence electrons. The van der Waals surface area contributed by atoms with E-state index in [2.05, 4.69) is 26.6 Å². The van der Waals surface area contributed by atoms with Crippen LogP contribution in [0.2, 0.25) is 5.02 Å². The van der Waals surface area contributed by atoms with Crippen LogP contribution in [0.15, 0.2) is 30.5 Å². The van der Waals surface area contributed by atoms with E-state index in [0.717, 1.165) is 42.8 Å². The van der Waals surface area contributed by atoms with E-state index in [4.69, 9.17) is 11.6 Å². The Morgan fingerprint density at radius 1 is 1.28 bits per heavy atom. The predicted octanol–water partition coefficient (Wildman–Crippen LogP) is 4.65. The van der Waals surface area contributed by atoms with Crippen LogP contribution in [0.5, 0.6) is 0 Å². The maximum absolute atomic E-state index is 13.3. The number of aromatic nitrogens is 1. The summed E-state index contributed by atoms with van der Waals surface area (Å²) in [6.45, 7) is 2.60. The number of aryl methyl sites for hydroxylation is 1. The standard InChI is InChI=1S/C22H28ClFN4O/c1-14-12-25-21(11-20(14)28(2)3)27-19-7-5-4-6-16(19)13-26-22(29)15-8-9-18(24)17(23)10-15/h8-12,16,19H,4-7,13H2,1-3H3,(H,25,27)(H,26,29). The molecule has 3 rings (SSSR count). The van der Waals surface area contributed by atoms with Gasteiger partial charge >= 0.3 is 0 Å². The first-order chi connectivity index (χ1) is 13.8. The molecule has 7 heteroatoms. The molecular weight excluding hydrogens is 391 g/mol. The van der Waals surface area contributed by atoms with Crippen molar-refractivity contribution in [2.75, 3.05) is 30.9 Å². The van der Waals surface area contributed by atoms with Crippen LogP contribution in [0, 0.1) is 18.7 Å². The number of hydrogen-bond acceptors (Lipinski definition) is 4. The van der Waals surface area contributed by atoms with Gasteiger partial charge in [0.1, 0.15) is 11.6 Å². The molecule has 1 aliphatic carbocycles. The van der Waals surface area contributed by atoms with Crippen LogP contribution in [0.1, 0.15) is 41.6 Å². The minimum atomic E-state index is -0.526. The molecule has 0 saturated heterocycles. The lowest BCUT2D eigenvalue weighted by Crippen LogP contribution is -2.40. The van der Waals surface area contributed by atoms with Gasteiger partial charge in [0.2, 0.25) is 0 Å². The number of rotatable bonds is 6. The second-order valence-electron chi connectivity index (χ2n) is 7.88. The lowest BCUT2D eigenvalue weighted by Gasteiger charge is -2.33. The van der Waals surface area contributed by atoms with E-state index >= 15 is 0 Å². The number of nitrogens with one attached hydrogen (secondary N) is 2. The van der Waals surface area contributed by atoms with Gasteiger partial charge < -0.3 is 15.5 Å². The Morgan fingerprint density at radius 3 is 2.76 bits per heavy atom. The highest BCUT2D eigenvalue weighted by atomic mass is 35.5. The molecule has 1 aromatic carbocycles. The third kappa shape index (κ3) is 5.38. The summed E-state index contributed by atoms with van der Waals surface area (Å²) in [7, 11) is 4.04. The second-order valence-corrected chi connectivity index (χ2v) is 8.29. The van der Waals surface area contributed by atoms with Crippen LogP contribution < -0.4 is 15.5 Å². The highest BCUT2D eigenvalue weighted by molar-refractivity contribution is 6.31. The zero-order valence-electron chi connectivity index (χ0n) is 17.1. The third-order valence-corrected chi connectivity index (χ3v) is 5.80. The van der Waals surface area contributed by atoms with Gasteiger partial charge in [0.05, 0.1) is 5.02 Å². The largest absolute Gasteiger partial charge is 0.377 e. The first-order valence-corrected chi connectivity index (χ1v) is 10.4. The number of pyridine rings is 1. The van der Waals surface area contributed by atoms with Gasteiger partial charge in [0.25, 0.3) is 5.91 Å². The van der Waals surface area contributed by atoms with E-state index in [1.54, 1.807) is 0 Å². The fourth-order valence-corrected chi connectivity index (χ4v) is 4.05. The Morgan fingerprint density at radius 2 is 2.03 bits per heavy atom. The van der Waals surface area contributed by atoms with Crippen molar-refractivity contribution in [1.82, 2.24) is 10.3 Å². The highest BCUT2D eigenvalue weighted by Crippen LogP contribution is 2.28. The number of benzene rings is 1. The number of nitrogens with zero attached hydrogens (tertiary/aromatic N) is 2. The van der Waals surface area contributed by atoms with Gasteiger partial charge in [-0.25, -0.2) is 9.37 Å². The molecule has 1 aliphatic rings. The topological polar surface area (TPSA) is 57.3 Å². The molecule has 0 spiro atoms. The second kappa shape index (κ2) is 9.44. The number of carbonyl (C=O) groups excluding carboxylic acids is 1. The SMILES string of the molecule is Cc1cnc(NC2CCCCC2CNC(=O)c2ccc(F)c(Cl)c2)cc1N(C)C. The van der Waals surface area contributed by atoms with Crippen molar-refractivity contribution in [3.05, 3.63) is 52.4 Å². The number of carbonyl (C=O) groups is 1. The Kier molecular flexibility index (Phi) is 6.96. The fraction of sp³-hybridized carbons (Fsp3) is 0.455. The molecule has 0 aliphatic heterocycles. The van der Waals surface area contributed by atoms with Crippen molar-refractivity contribution in [3.8, 4) is 0 Å². The van der Waals surface area contributed by atoms with Crippen LogP contribution in [-0.2, 0) is 0 Å². The summed E-state index contributed by atoms with van der Waals surface area (Å²) in [5.41, 5.74) is 2.63. The number of anilines is 2. The number of amides is 1. The van der Waals surface area contributed by atoms with Gasteiger partial charge in [0.15, 0.2) is 0 Å². The van der Waals surface area contributed by atoms with Gasteiger partial charge in [-0.15, -0.1) is 0 Å². The quantitative estimate of drug-likeness (QED) is 0.717.